The number of aliphatic hydroxyl groups is 1. The van der Waals surface area contributed by atoms with Gasteiger partial charge in [-0.15, -0.1) is 11.8 Å². The molecule has 0 rings (SSSR count). The van der Waals surface area contributed by atoms with Crippen LogP contribution in [-0.4, -0.2) is 40.1 Å². The Labute approximate surface area is 115 Å². The highest BCUT2D eigenvalue weighted by atomic mass is 79.9. The lowest BCUT2D eigenvalue weighted by atomic mass is 10.1. The maximum absolute atomic E-state index is 12.9. The molecule has 0 heterocycles. The average Bonchev–Trinajstić information content (AvgIpc) is 2.22. The molecule has 0 aliphatic carbocycles. The van der Waals surface area contributed by atoms with E-state index in [1.165, 1.54) is 0 Å². The molecule has 0 aliphatic rings. The quantitative estimate of drug-likeness (QED) is 0.406. The number of aliphatic hydroxyl groups excluding tert-OH is 1. The molecule has 0 bridgehead atoms. The second-order valence-electron chi connectivity index (χ2n) is 3.17. The van der Waals surface area contributed by atoms with Crippen molar-refractivity contribution in [3.05, 3.63) is 11.5 Å². The first kappa shape index (κ1) is 19.0. The summed E-state index contributed by atoms with van der Waals surface area (Å²) in [7, 11) is 0. The molecule has 0 aliphatic heterocycles. The van der Waals surface area contributed by atoms with Crippen molar-refractivity contribution in [2.45, 2.75) is 22.6 Å². The molecule has 0 aromatic rings. The lowest BCUT2D eigenvalue weighted by Crippen LogP contribution is -2.59. The molecule has 0 aromatic heterocycles. The van der Waals surface area contributed by atoms with E-state index >= 15 is 0 Å². The molecule has 0 amide bonds. The number of rotatable bonds is 7. The number of allylic oxidation sites excluding steroid dienone is 1. The Bertz CT molecular complexity index is 327. The summed E-state index contributed by atoms with van der Waals surface area (Å²) in [5.74, 6) is -18.2. The van der Waals surface area contributed by atoms with Gasteiger partial charge in [0.1, 0.15) is 0 Å². The standard InChI is InChI=1S/C8H7BrF8OS/c9-8(16,17)7(14,15)6(12,13)5(10,11)1-3-19-4-2-18/h1,3,18H,2,4H2/b3-1+. The van der Waals surface area contributed by atoms with Crippen LogP contribution >= 0.6 is 27.7 Å². The van der Waals surface area contributed by atoms with Crippen LogP contribution < -0.4 is 0 Å². The Morgan fingerprint density at radius 2 is 1.42 bits per heavy atom. The van der Waals surface area contributed by atoms with Crippen molar-refractivity contribution in [1.82, 2.24) is 0 Å². The van der Waals surface area contributed by atoms with Gasteiger partial charge < -0.3 is 5.11 Å². The highest BCUT2D eigenvalue weighted by molar-refractivity contribution is 9.10. The zero-order valence-corrected chi connectivity index (χ0v) is 11.2. The molecule has 0 atom stereocenters. The van der Waals surface area contributed by atoms with Gasteiger partial charge in [-0.25, -0.2) is 0 Å². The lowest BCUT2D eigenvalue weighted by Gasteiger charge is -2.33. The van der Waals surface area contributed by atoms with Crippen molar-refractivity contribution in [2.24, 2.45) is 0 Å². The van der Waals surface area contributed by atoms with Gasteiger partial charge in [-0.05, 0) is 27.4 Å². The van der Waals surface area contributed by atoms with E-state index in [4.69, 9.17) is 5.11 Å². The second-order valence-corrected chi connectivity index (χ2v) is 5.18. The van der Waals surface area contributed by atoms with Crippen LogP contribution in [0.25, 0.3) is 0 Å². The van der Waals surface area contributed by atoms with E-state index in [9.17, 15) is 35.1 Å². The molecule has 0 saturated heterocycles. The molecule has 0 aromatic carbocycles. The van der Waals surface area contributed by atoms with Gasteiger partial charge in [0.15, 0.2) is 0 Å². The molecular weight excluding hydrogens is 376 g/mol. The number of thioether (sulfide) groups is 1. The Hall–Kier alpha value is -0.0300. The highest BCUT2D eigenvalue weighted by Crippen LogP contribution is 2.55. The van der Waals surface area contributed by atoms with Crippen molar-refractivity contribution in [1.29, 1.82) is 0 Å². The molecule has 11 heteroatoms. The van der Waals surface area contributed by atoms with Crippen molar-refractivity contribution in [3.63, 3.8) is 0 Å². The van der Waals surface area contributed by atoms with Crippen LogP contribution in [0.5, 0.6) is 0 Å². The zero-order chi connectivity index (χ0) is 15.5. The molecular formula is C8H7BrF8OS. The van der Waals surface area contributed by atoms with Crippen molar-refractivity contribution in [2.75, 3.05) is 12.4 Å². The number of hydrogen-bond donors (Lipinski definition) is 1. The largest absolute Gasteiger partial charge is 0.396 e. The summed E-state index contributed by atoms with van der Waals surface area (Å²) < 4.78 is 101. The van der Waals surface area contributed by atoms with Gasteiger partial charge in [0.2, 0.25) is 0 Å². The Morgan fingerprint density at radius 3 is 1.79 bits per heavy atom. The molecule has 1 nitrogen and oxygen atoms in total. The normalized spacial score (nSPS) is 15.3. The summed E-state index contributed by atoms with van der Waals surface area (Å²) in [4.78, 5) is -5.50. The Kier molecular flexibility index (Phi) is 6.16. The first-order valence-corrected chi connectivity index (χ1v) is 6.26. The van der Waals surface area contributed by atoms with Gasteiger partial charge in [-0.3, -0.25) is 0 Å². The maximum atomic E-state index is 12.9. The van der Waals surface area contributed by atoms with Gasteiger partial charge in [0.05, 0.1) is 6.61 Å². The zero-order valence-electron chi connectivity index (χ0n) is 8.83. The van der Waals surface area contributed by atoms with Gasteiger partial charge in [-0.1, -0.05) is 0 Å². The second kappa shape index (κ2) is 6.17. The molecule has 0 fully saturated rings. The van der Waals surface area contributed by atoms with Crippen LogP contribution in [0, 0.1) is 0 Å². The maximum Gasteiger partial charge on any atom is 0.388 e. The van der Waals surface area contributed by atoms with Crippen LogP contribution in [0.3, 0.4) is 0 Å². The minimum Gasteiger partial charge on any atom is -0.396 e. The van der Waals surface area contributed by atoms with Crippen LogP contribution in [0.2, 0.25) is 0 Å². The molecule has 0 spiro atoms. The van der Waals surface area contributed by atoms with E-state index < -0.39 is 35.3 Å². The minimum absolute atomic E-state index is 0.150. The SMILES string of the molecule is OCCS/C=C/C(F)(F)C(F)(F)C(F)(F)C(F)(F)Br. The van der Waals surface area contributed by atoms with E-state index in [-0.39, 0.29) is 5.75 Å². The van der Waals surface area contributed by atoms with Crippen molar-refractivity contribution < 1.29 is 40.2 Å². The fraction of sp³-hybridized carbons (Fsp3) is 0.750. The number of halogens is 9. The summed E-state index contributed by atoms with van der Waals surface area (Å²) in [6.45, 7) is -0.466. The van der Waals surface area contributed by atoms with E-state index in [0.29, 0.717) is 17.2 Å². The van der Waals surface area contributed by atoms with Crippen LogP contribution in [0.4, 0.5) is 35.1 Å². The summed E-state index contributed by atoms with van der Waals surface area (Å²) in [5.41, 5.74) is 0. The van der Waals surface area contributed by atoms with Gasteiger partial charge in [0, 0.05) is 5.75 Å². The number of hydrogen-bond acceptors (Lipinski definition) is 2. The average molecular weight is 383 g/mol. The van der Waals surface area contributed by atoms with Gasteiger partial charge >= 0.3 is 22.6 Å². The third-order valence-corrected chi connectivity index (χ3v) is 3.00. The summed E-state index contributed by atoms with van der Waals surface area (Å²) >= 11 is 1.39. The first-order chi connectivity index (χ1) is 8.31. The molecule has 19 heavy (non-hydrogen) atoms. The van der Waals surface area contributed by atoms with E-state index in [0.717, 1.165) is 15.9 Å². The third kappa shape index (κ3) is 3.97. The Balaban J connectivity index is 5.22. The molecule has 0 unspecified atom stereocenters. The van der Waals surface area contributed by atoms with Crippen LogP contribution in [0.15, 0.2) is 11.5 Å². The molecule has 114 valence electrons. The topological polar surface area (TPSA) is 20.2 Å². The van der Waals surface area contributed by atoms with Crippen molar-refractivity contribution >= 4 is 27.7 Å². The van der Waals surface area contributed by atoms with Crippen LogP contribution in [-0.2, 0) is 0 Å². The predicted octanol–water partition coefficient (Wildman–Crippen LogP) is 4.12. The van der Waals surface area contributed by atoms with E-state index in [1.54, 1.807) is 0 Å². The fourth-order valence-corrected chi connectivity index (χ4v) is 1.50. The fourth-order valence-electron chi connectivity index (χ4n) is 0.746. The molecule has 0 saturated carbocycles. The summed E-state index contributed by atoms with van der Waals surface area (Å²) in [6, 6.07) is 0. The first-order valence-electron chi connectivity index (χ1n) is 4.41. The number of alkyl halides is 9. The highest BCUT2D eigenvalue weighted by Gasteiger charge is 2.79. The molecule has 0 radical (unpaired) electrons. The van der Waals surface area contributed by atoms with E-state index in [2.05, 4.69) is 0 Å². The van der Waals surface area contributed by atoms with Crippen LogP contribution in [0.1, 0.15) is 0 Å². The van der Waals surface area contributed by atoms with E-state index in [1.807, 2.05) is 0 Å². The van der Waals surface area contributed by atoms with Gasteiger partial charge in [0.25, 0.3) is 0 Å². The molecule has 1 N–H and O–H groups in total. The third-order valence-electron chi connectivity index (χ3n) is 1.75. The van der Waals surface area contributed by atoms with Gasteiger partial charge in [-0.2, -0.15) is 35.1 Å². The predicted molar refractivity (Wildman–Crippen MR) is 57.4 cm³/mol. The smallest absolute Gasteiger partial charge is 0.388 e. The Morgan fingerprint density at radius 1 is 0.947 bits per heavy atom. The van der Waals surface area contributed by atoms with Crippen molar-refractivity contribution in [3.8, 4) is 0 Å². The summed E-state index contributed by atoms with van der Waals surface area (Å²) in [6.07, 6.45) is -0.611. The minimum atomic E-state index is -6.30. The monoisotopic (exact) mass is 382 g/mol. The lowest BCUT2D eigenvalue weighted by molar-refractivity contribution is -0.331. The summed E-state index contributed by atoms with van der Waals surface area (Å²) in [5, 5.41) is 8.60.